The van der Waals surface area contributed by atoms with Gasteiger partial charge in [0, 0.05) is 5.39 Å². The molecule has 1 N–H and O–H groups in total. The first kappa shape index (κ1) is 14.6. The molecule has 1 aromatic carbocycles. The molecular formula is C17H13N3O3S. The number of aromatic nitrogens is 3. The van der Waals surface area contributed by atoms with E-state index in [1.165, 1.54) is 7.11 Å². The molecule has 0 atom stereocenters. The largest absolute Gasteiger partial charge is 0.505 e. The second-order valence-electron chi connectivity index (χ2n) is 5.32. The lowest BCUT2D eigenvalue weighted by atomic mass is 10.2. The van der Waals surface area contributed by atoms with Crippen molar-refractivity contribution in [2.24, 2.45) is 0 Å². The third-order valence-corrected chi connectivity index (χ3v) is 4.92. The number of rotatable bonds is 2. The first-order valence-corrected chi connectivity index (χ1v) is 8.07. The number of carbonyl (C=O) groups excluding carboxylic acids is 1. The van der Waals surface area contributed by atoms with Crippen LogP contribution in [-0.2, 0) is 4.74 Å². The SMILES string of the molecule is COC(=O)c1sc2nc3c(cc2c1O)c(C)nn3-c1ccccc1. The number of carbonyl (C=O) groups is 1. The molecule has 7 heteroatoms. The fourth-order valence-corrected chi connectivity index (χ4v) is 3.63. The van der Waals surface area contributed by atoms with Gasteiger partial charge in [-0.2, -0.15) is 5.10 Å². The Balaban J connectivity index is 2.03. The summed E-state index contributed by atoms with van der Waals surface area (Å²) in [5.74, 6) is -0.663. The molecule has 0 saturated carbocycles. The van der Waals surface area contributed by atoms with E-state index < -0.39 is 5.97 Å². The minimum Gasteiger partial charge on any atom is -0.505 e. The van der Waals surface area contributed by atoms with E-state index in [1.807, 2.05) is 43.3 Å². The van der Waals surface area contributed by atoms with E-state index in [9.17, 15) is 9.90 Å². The van der Waals surface area contributed by atoms with Gasteiger partial charge in [0.2, 0.25) is 0 Å². The van der Waals surface area contributed by atoms with Gasteiger partial charge < -0.3 is 9.84 Å². The summed E-state index contributed by atoms with van der Waals surface area (Å²) in [6.45, 7) is 1.89. The first-order chi connectivity index (χ1) is 11.6. The van der Waals surface area contributed by atoms with Gasteiger partial charge in [0.25, 0.3) is 0 Å². The van der Waals surface area contributed by atoms with Crippen molar-refractivity contribution < 1.29 is 14.6 Å². The minimum atomic E-state index is -0.569. The van der Waals surface area contributed by atoms with Crippen LogP contribution in [0.5, 0.6) is 5.75 Å². The number of pyridine rings is 1. The van der Waals surface area contributed by atoms with Crippen molar-refractivity contribution in [3.05, 3.63) is 47.0 Å². The van der Waals surface area contributed by atoms with E-state index in [0.29, 0.717) is 15.9 Å². The third kappa shape index (κ3) is 2.05. The average molecular weight is 339 g/mol. The lowest BCUT2D eigenvalue weighted by Gasteiger charge is -2.01. The second-order valence-corrected chi connectivity index (χ2v) is 6.32. The van der Waals surface area contributed by atoms with E-state index in [1.54, 1.807) is 4.68 Å². The molecule has 0 radical (unpaired) electrons. The van der Waals surface area contributed by atoms with E-state index >= 15 is 0 Å². The molecule has 0 amide bonds. The fourth-order valence-electron chi connectivity index (χ4n) is 2.66. The van der Waals surface area contributed by atoms with E-state index in [0.717, 1.165) is 28.1 Å². The number of nitrogens with zero attached hydrogens (tertiary/aromatic N) is 3. The lowest BCUT2D eigenvalue weighted by Crippen LogP contribution is -1.97. The normalized spacial score (nSPS) is 11.2. The van der Waals surface area contributed by atoms with Crippen molar-refractivity contribution in [1.29, 1.82) is 0 Å². The van der Waals surface area contributed by atoms with Crippen LogP contribution in [-0.4, -0.2) is 33.0 Å². The Labute approximate surface area is 140 Å². The van der Waals surface area contributed by atoms with Crippen LogP contribution < -0.4 is 0 Å². The van der Waals surface area contributed by atoms with Crippen LogP contribution in [0.1, 0.15) is 15.4 Å². The molecule has 0 aliphatic rings. The van der Waals surface area contributed by atoms with Crippen LogP contribution in [0.4, 0.5) is 0 Å². The second kappa shape index (κ2) is 5.31. The molecule has 6 nitrogen and oxygen atoms in total. The Morgan fingerprint density at radius 3 is 2.71 bits per heavy atom. The van der Waals surface area contributed by atoms with Gasteiger partial charge in [-0.1, -0.05) is 18.2 Å². The minimum absolute atomic E-state index is 0.0943. The van der Waals surface area contributed by atoms with Crippen molar-refractivity contribution >= 4 is 38.6 Å². The number of para-hydroxylation sites is 1. The summed E-state index contributed by atoms with van der Waals surface area (Å²) < 4.78 is 6.47. The first-order valence-electron chi connectivity index (χ1n) is 7.25. The van der Waals surface area contributed by atoms with E-state index in [4.69, 9.17) is 4.74 Å². The highest BCUT2D eigenvalue weighted by Gasteiger charge is 2.21. The van der Waals surface area contributed by atoms with Crippen molar-refractivity contribution in [1.82, 2.24) is 14.8 Å². The third-order valence-electron chi connectivity index (χ3n) is 3.85. The molecule has 0 spiro atoms. The lowest BCUT2D eigenvalue weighted by molar-refractivity contribution is 0.0603. The molecule has 3 heterocycles. The number of benzene rings is 1. The topological polar surface area (TPSA) is 77.2 Å². The van der Waals surface area contributed by atoms with Gasteiger partial charge >= 0.3 is 5.97 Å². The molecule has 24 heavy (non-hydrogen) atoms. The predicted molar refractivity (Wildman–Crippen MR) is 92.0 cm³/mol. The van der Waals surface area contributed by atoms with Crippen molar-refractivity contribution in [3.63, 3.8) is 0 Å². The molecule has 0 saturated heterocycles. The number of fused-ring (bicyclic) bond motifs is 2. The zero-order valence-corrected chi connectivity index (χ0v) is 13.8. The van der Waals surface area contributed by atoms with Gasteiger partial charge in [0.1, 0.15) is 4.83 Å². The van der Waals surface area contributed by atoms with Crippen molar-refractivity contribution in [3.8, 4) is 11.4 Å². The molecule has 3 aromatic heterocycles. The molecule has 0 aliphatic carbocycles. The average Bonchev–Trinajstić information content (AvgIpc) is 3.11. The maximum Gasteiger partial charge on any atom is 0.351 e. The van der Waals surface area contributed by atoms with Gasteiger partial charge in [0.05, 0.1) is 23.9 Å². The van der Waals surface area contributed by atoms with E-state index in [2.05, 4.69) is 10.1 Å². The zero-order valence-electron chi connectivity index (χ0n) is 13.0. The summed E-state index contributed by atoms with van der Waals surface area (Å²) in [5, 5.41) is 16.2. The smallest absolute Gasteiger partial charge is 0.351 e. The highest BCUT2D eigenvalue weighted by Crippen LogP contribution is 2.38. The number of thiophene rings is 1. The summed E-state index contributed by atoms with van der Waals surface area (Å²) in [6.07, 6.45) is 0. The van der Waals surface area contributed by atoms with Gasteiger partial charge in [-0.05, 0) is 25.1 Å². The number of methoxy groups -OCH3 is 1. The van der Waals surface area contributed by atoms with Crippen molar-refractivity contribution in [2.75, 3.05) is 7.11 Å². The van der Waals surface area contributed by atoms with Crippen LogP contribution in [0.15, 0.2) is 36.4 Å². The van der Waals surface area contributed by atoms with Crippen molar-refractivity contribution in [2.45, 2.75) is 6.92 Å². The van der Waals surface area contributed by atoms with Crippen LogP contribution in [0.3, 0.4) is 0 Å². The molecule has 4 rings (SSSR count). The Hall–Kier alpha value is -2.93. The van der Waals surface area contributed by atoms with Crippen LogP contribution in [0.25, 0.3) is 26.9 Å². The predicted octanol–water partition coefficient (Wildman–Crippen LogP) is 3.44. The summed E-state index contributed by atoms with van der Waals surface area (Å²) in [4.78, 5) is 17.1. The summed E-state index contributed by atoms with van der Waals surface area (Å²) in [6, 6.07) is 11.5. The number of hydrogen-bond acceptors (Lipinski definition) is 6. The summed E-state index contributed by atoms with van der Waals surface area (Å²) in [5.41, 5.74) is 2.38. The quantitative estimate of drug-likeness (QED) is 0.566. The highest BCUT2D eigenvalue weighted by molar-refractivity contribution is 7.20. The number of esters is 1. The maximum atomic E-state index is 11.8. The van der Waals surface area contributed by atoms with Gasteiger partial charge in [-0.15, -0.1) is 11.3 Å². The fraction of sp³-hybridized carbons (Fsp3) is 0.118. The number of hydrogen-bond donors (Lipinski definition) is 1. The zero-order chi connectivity index (χ0) is 16.8. The monoisotopic (exact) mass is 339 g/mol. The molecule has 0 bridgehead atoms. The number of aryl methyl sites for hydroxylation is 1. The Morgan fingerprint density at radius 1 is 1.25 bits per heavy atom. The Morgan fingerprint density at radius 2 is 2.00 bits per heavy atom. The Bertz CT molecular complexity index is 1080. The van der Waals surface area contributed by atoms with Gasteiger partial charge in [-0.3, -0.25) is 0 Å². The summed E-state index contributed by atoms with van der Waals surface area (Å²) in [7, 11) is 1.29. The highest BCUT2D eigenvalue weighted by atomic mass is 32.1. The standard InChI is InChI=1S/C17H13N3O3S/c1-9-11-8-12-13(21)14(17(22)23-2)24-16(12)18-15(11)20(19-9)10-6-4-3-5-7-10/h3-8,21H,1-2H3. The van der Waals surface area contributed by atoms with Gasteiger partial charge in [0.15, 0.2) is 16.3 Å². The number of ether oxygens (including phenoxy) is 1. The van der Waals surface area contributed by atoms with Gasteiger partial charge in [-0.25, -0.2) is 14.5 Å². The summed E-state index contributed by atoms with van der Waals surface area (Å²) >= 11 is 1.11. The van der Waals surface area contributed by atoms with Crippen LogP contribution in [0, 0.1) is 6.92 Å². The molecule has 0 unspecified atom stereocenters. The van der Waals surface area contributed by atoms with E-state index in [-0.39, 0.29) is 10.6 Å². The number of aromatic hydroxyl groups is 1. The molecule has 0 aliphatic heterocycles. The molecule has 120 valence electrons. The molecular weight excluding hydrogens is 326 g/mol. The van der Waals surface area contributed by atoms with Crippen LogP contribution >= 0.6 is 11.3 Å². The van der Waals surface area contributed by atoms with Crippen LogP contribution in [0.2, 0.25) is 0 Å². The molecule has 4 aromatic rings. The maximum absolute atomic E-state index is 11.8. The molecule has 0 fully saturated rings. The Kier molecular flexibility index (Phi) is 3.24.